The fraction of sp³-hybridized carbons (Fsp3) is 0.273. The summed E-state index contributed by atoms with van der Waals surface area (Å²) in [5.41, 5.74) is 1.18. The summed E-state index contributed by atoms with van der Waals surface area (Å²) in [6.45, 7) is 8.12. The Morgan fingerprint density at radius 3 is 2.83 bits per heavy atom. The molecule has 0 aromatic carbocycles. The van der Waals surface area contributed by atoms with Gasteiger partial charge in [0, 0.05) is 16.2 Å². The van der Waals surface area contributed by atoms with E-state index >= 15 is 0 Å². The Labute approximate surface area is 78.2 Å². The van der Waals surface area contributed by atoms with E-state index in [9.17, 15) is 0 Å². The fourth-order valence-corrected chi connectivity index (χ4v) is 2.04. The van der Waals surface area contributed by atoms with Crippen molar-refractivity contribution in [1.29, 1.82) is 0 Å². The Bertz CT molecular complexity index is 292. The molecule has 0 N–H and O–H groups in total. The fourth-order valence-electron chi connectivity index (χ4n) is 1.10. The highest BCUT2D eigenvalue weighted by Crippen LogP contribution is 2.18. The molecule has 0 unspecified atom stereocenters. The van der Waals surface area contributed by atoms with E-state index in [1.54, 1.807) is 0 Å². The highest BCUT2D eigenvalue weighted by Gasteiger charge is 1.96. The number of thiophene rings is 1. The van der Waals surface area contributed by atoms with Crippen LogP contribution in [0.2, 0.25) is 0 Å². The average molecular weight is 178 g/mol. The molecule has 0 aliphatic carbocycles. The maximum Gasteiger partial charge on any atom is 0.00916 e. The SMILES string of the molecule is C=C(/C=C\C)Cc1ccc(C)s1. The monoisotopic (exact) mass is 178 g/mol. The lowest BCUT2D eigenvalue weighted by Crippen LogP contribution is -1.80. The Morgan fingerprint density at radius 1 is 1.58 bits per heavy atom. The summed E-state index contributed by atoms with van der Waals surface area (Å²) in [5, 5.41) is 0. The molecule has 0 saturated heterocycles. The topological polar surface area (TPSA) is 0 Å². The molecule has 0 nitrogen and oxygen atoms in total. The first-order valence-corrected chi connectivity index (χ1v) is 4.90. The molecular weight excluding hydrogens is 164 g/mol. The highest BCUT2D eigenvalue weighted by molar-refractivity contribution is 7.11. The first-order valence-electron chi connectivity index (χ1n) is 4.08. The van der Waals surface area contributed by atoms with E-state index in [1.165, 1.54) is 15.3 Å². The van der Waals surface area contributed by atoms with Crippen LogP contribution in [0.15, 0.2) is 36.4 Å². The van der Waals surface area contributed by atoms with Crippen molar-refractivity contribution in [2.45, 2.75) is 20.3 Å². The molecule has 64 valence electrons. The van der Waals surface area contributed by atoms with Gasteiger partial charge in [0.25, 0.3) is 0 Å². The van der Waals surface area contributed by atoms with Gasteiger partial charge < -0.3 is 0 Å². The molecule has 0 bridgehead atoms. The predicted octanol–water partition coefficient (Wildman–Crippen LogP) is 3.73. The first kappa shape index (κ1) is 9.27. The zero-order valence-electron chi connectivity index (χ0n) is 7.63. The third-order valence-electron chi connectivity index (χ3n) is 1.60. The zero-order chi connectivity index (χ0) is 8.97. The van der Waals surface area contributed by atoms with Gasteiger partial charge in [-0.1, -0.05) is 24.3 Å². The summed E-state index contributed by atoms with van der Waals surface area (Å²) < 4.78 is 0. The second-order valence-corrected chi connectivity index (χ2v) is 4.22. The minimum atomic E-state index is 0.989. The van der Waals surface area contributed by atoms with Gasteiger partial charge in [-0.2, -0.15) is 0 Å². The molecule has 1 rings (SSSR count). The Hall–Kier alpha value is -0.820. The molecule has 0 saturated carbocycles. The molecule has 1 aromatic rings. The molecule has 0 atom stereocenters. The lowest BCUT2D eigenvalue weighted by molar-refractivity contribution is 1.26. The van der Waals surface area contributed by atoms with Crippen LogP contribution in [0.5, 0.6) is 0 Å². The summed E-state index contributed by atoms with van der Waals surface area (Å²) in [5.74, 6) is 0. The van der Waals surface area contributed by atoms with Gasteiger partial charge in [-0.05, 0) is 26.0 Å². The van der Waals surface area contributed by atoms with Gasteiger partial charge in [-0.3, -0.25) is 0 Å². The lowest BCUT2D eigenvalue weighted by atomic mass is 10.2. The number of hydrogen-bond donors (Lipinski definition) is 0. The molecule has 1 heteroatoms. The van der Waals surface area contributed by atoms with E-state index < -0.39 is 0 Å². The van der Waals surface area contributed by atoms with Crippen LogP contribution in [0.4, 0.5) is 0 Å². The van der Waals surface area contributed by atoms with Crippen LogP contribution in [0.1, 0.15) is 16.7 Å². The summed E-state index contributed by atoms with van der Waals surface area (Å²) in [6, 6.07) is 4.33. The maximum atomic E-state index is 3.97. The van der Waals surface area contributed by atoms with E-state index in [1.807, 2.05) is 24.3 Å². The summed E-state index contributed by atoms with van der Waals surface area (Å²) >= 11 is 1.85. The summed E-state index contributed by atoms with van der Waals surface area (Å²) in [6.07, 6.45) is 5.08. The van der Waals surface area contributed by atoms with Crippen LogP contribution in [-0.4, -0.2) is 0 Å². The van der Waals surface area contributed by atoms with Gasteiger partial charge in [0.1, 0.15) is 0 Å². The van der Waals surface area contributed by atoms with E-state index in [2.05, 4.69) is 31.7 Å². The van der Waals surface area contributed by atoms with Gasteiger partial charge in [-0.15, -0.1) is 11.3 Å². The van der Waals surface area contributed by atoms with Crippen molar-refractivity contribution in [3.05, 3.63) is 46.2 Å². The largest absolute Gasteiger partial charge is 0.145 e. The molecule has 1 aromatic heterocycles. The normalized spacial score (nSPS) is 10.8. The molecule has 0 radical (unpaired) electrons. The van der Waals surface area contributed by atoms with Gasteiger partial charge >= 0.3 is 0 Å². The van der Waals surface area contributed by atoms with Crippen LogP contribution in [-0.2, 0) is 6.42 Å². The minimum Gasteiger partial charge on any atom is -0.145 e. The van der Waals surface area contributed by atoms with Crippen molar-refractivity contribution in [2.24, 2.45) is 0 Å². The second kappa shape index (κ2) is 4.27. The van der Waals surface area contributed by atoms with E-state index in [0.29, 0.717) is 0 Å². The Morgan fingerprint density at radius 2 is 2.33 bits per heavy atom. The predicted molar refractivity (Wildman–Crippen MR) is 56.7 cm³/mol. The summed E-state index contributed by atoms with van der Waals surface area (Å²) in [4.78, 5) is 2.77. The lowest BCUT2D eigenvalue weighted by Gasteiger charge is -1.94. The number of allylic oxidation sites excluding steroid dienone is 3. The second-order valence-electron chi connectivity index (χ2n) is 2.85. The molecule has 0 aliphatic heterocycles. The van der Waals surface area contributed by atoms with Crippen LogP contribution < -0.4 is 0 Å². The zero-order valence-corrected chi connectivity index (χ0v) is 8.45. The molecule has 0 fully saturated rings. The van der Waals surface area contributed by atoms with Crippen molar-refractivity contribution in [2.75, 3.05) is 0 Å². The van der Waals surface area contributed by atoms with Crippen LogP contribution in [0.25, 0.3) is 0 Å². The van der Waals surface area contributed by atoms with Crippen LogP contribution in [0, 0.1) is 6.92 Å². The van der Waals surface area contributed by atoms with Crippen molar-refractivity contribution in [1.82, 2.24) is 0 Å². The molecule has 12 heavy (non-hydrogen) atoms. The minimum absolute atomic E-state index is 0.989. The smallest absolute Gasteiger partial charge is 0.00916 e. The molecule has 0 amide bonds. The van der Waals surface area contributed by atoms with Crippen LogP contribution >= 0.6 is 11.3 Å². The van der Waals surface area contributed by atoms with E-state index in [4.69, 9.17) is 0 Å². The highest BCUT2D eigenvalue weighted by atomic mass is 32.1. The van der Waals surface area contributed by atoms with Crippen molar-refractivity contribution in [3.63, 3.8) is 0 Å². The van der Waals surface area contributed by atoms with E-state index in [0.717, 1.165) is 6.42 Å². The molecule has 0 aliphatic rings. The Balaban J connectivity index is 2.58. The van der Waals surface area contributed by atoms with Crippen molar-refractivity contribution >= 4 is 11.3 Å². The number of hydrogen-bond acceptors (Lipinski definition) is 1. The van der Waals surface area contributed by atoms with Crippen molar-refractivity contribution < 1.29 is 0 Å². The third-order valence-corrected chi connectivity index (χ3v) is 2.60. The first-order chi connectivity index (χ1) is 5.72. The van der Waals surface area contributed by atoms with Crippen LogP contribution in [0.3, 0.4) is 0 Å². The molecule has 0 spiro atoms. The van der Waals surface area contributed by atoms with Gasteiger partial charge in [-0.25, -0.2) is 0 Å². The number of rotatable bonds is 3. The number of aryl methyl sites for hydroxylation is 1. The average Bonchev–Trinajstić information content (AvgIpc) is 2.36. The maximum absolute atomic E-state index is 3.97. The standard InChI is InChI=1S/C11H14S/c1-4-5-9(2)8-11-7-6-10(3)12-11/h4-7H,2,8H2,1,3H3/b5-4-. The molecular formula is C11H14S. The van der Waals surface area contributed by atoms with Gasteiger partial charge in [0.15, 0.2) is 0 Å². The Kier molecular flexibility index (Phi) is 3.30. The van der Waals surface area contributed by atoms with Gasteiger partial charge in [0.2, 0.25) is 0 Å². The van der Waals surface area contributed by atoms with Crippen molar-refractivity contribution in [3.8, 4) is 0 Å². The van der Waals surface area contributed by atoms with E-state index in [-0.39, 0.29) is 0 Å². The van der Waals surface area contributed by atoms with Gasteiger partial charge in [0.05, 0.1) is 0 Å². The third kappa shape index (κ3) is 2.67. The summed E-state index contributed by atoms with van der Waals surface area (Å²) in [7, 11) is 0. The molecule has 1 heterocycles. The quantitative estimate of drug-likeness (QED) is 0.619.